The Hall–Kier alpha value is -3.24. The minimum Gasteiger partial charge on any atom is -0.353 e. The van der Waals surface area contributed by atoms with Gasteiger partial charge in [0.05, 0.1) is 6.54 Å². The fourth-order valence-corrected chi connectivity index (χ4v) is 5.18. The second-order valence-corrected chi connectivity index (χ2v) is 10.2. The highest BCUT2D eigenvalue weighted by Crippen LogP contribution is 2.25. The summed E-state index contributed by atoms with van der Waals surface area (Å²) in [6.45, 7) is 3.00. The number of hydrogen-bond donors (Lipinski definition) is 1. The molecule has 1 N–H and O–H groups in total. The van der Waals surface area contributed by atoms with E-state index in [-0.39, 0.29) is 18.4 Å². The zero-order chi connectivity index (χ0) is 25.4. The second-order valence-electron chi connectivity index (χ2n) is 9.32. The molecule has 1 aliphatic rings. The number of halogens is 2. The molecule has 0 spiro atoms. The lowest BCUT2D eigenvalue weighted by atomic mass is 10.0. The van der Waals surface area contributed by atoms with Gasteiger partial charge in [-0.05, 0) is 42.2 Å². The molecule has 36 heavy (non-hydrogen) atoms. The summed E-state index contributed by atoms with van der Waals surface area (Å²) in [6.07, 6.45) is 1.83. The van der Waals surface area contributed by atoms with Crippen LogP contribution in [-0.2, 0) is 27.2 Å². The van der Waals surface area contributed by atoms with E-state index in [4.69, 9.17) is 0 Å². The van der Waals surface area contributed by atoms with Gasteiger partial charge in [-0.3, -0.25) is 23.4 Å². The Labute approximate surface area is 216 Å². The summed E-state index contributed by atoms with van der Waals surface area (Å²) in [7, 11) is 3.06. The van der Waals surface area contributed by atoms with Crippen molar-refractivity contribution < 1.29 is 4.39 Å². The van der Waals surface area contributed by atoms with Crippen LogP contribution in [-0.4, -0.2) is 42.7 Å². The van der Waals surface area contributed by atoms with Crippen LogP contribution >= 0.6 is 15.9 Å². The maximum absolute atomic E-state index is 14.0. The summed E-state index contributed by atoms with van der Waals surface area (Å²) in [5.41, 5.74) is 1.71. The standard InChI is InChI=1S/C26H28BrFN6O2/c1-31-23-22(24(35)32(2)26(31)36)34(16-18-14-19(28)8-9-21(18)27)25(30-23)29-20-10-12-33(13-11-20)15-17-6-4-3-5-7-17/h3-9,14,20H,10-13,15-16H2,1-2H3,(H,29,30). The molecule has 1 saturated heterocycles. The van der Waals surface area contributed by atoms with Gasteiger partial charge in [-0.2, -0.15) is 4.98 Å². The van der Waals surface area contributed by atoms with Crippen LogP contribution in [0.25, 0.3) is 11.2 Å². The molecule has 10 heteroatoms. The Morgan fingerprint density at radius 3 is 2.47 bits per heavy atom. The first-order chi connectivity index (χ1) is 17.3. The maximum atomic E-state index is 14.0. The molecule has 2 aromatic carbocycles. The number of piperidine rings is 1. The Morgan fingerprint density at radius 2 is 1.75 bits per heavy atom. The number of aryl methyl sites for hydroxylation is 1. The minimum absolute atomic E-state index is 0.157. The van der Waals surface area contributed by atoms with Crippen molar-refractivity contribution in [1.82, 2.24) is 23.6 Å². The monoisotopic (exact) mass is 554 g/mol. The minimum atomic E-state index is -0.440. The number of likely N-dealkylation sites (tertiary alicyclic amines) is 1. The van der Waals surface area contributed by atoms with E-state index in [9.17, 15) is 14.0 Å². The third-order valence-electron chi connectivity index (χ3n) is 6.85. The van der Waals surface area contributed by atoms with Gasteiger partial charge < -0.3 is 5.32 Å². The smallest absolute Gasteiger partial charge is 0.332 e. The largest absolute Gasteiger partial charge is 0.353 e. The number of nitrogens with one attached hydrogen (secondary N) is 1. The first-order valence-electron chi connectivity index (χ1n) is 11.9. The molecule has 2 aromatic heterocycles. The number of imidazole rings is 1. The lowest BCUT2D eigenvalue weighted by Gasteiger charge is -2.32. The van der Waals surface area contributed by atoms with Gasteiger partial charge in [0.2, 0.25) is 5.95 Å². The molecule has 188 valence electrons. The quantitative estimate of drug-likeness (QED) is 0.395. The van der Waals surface area contributed by atoms with Gasteiger partial charge in [-0.1, -0.05) is 46.3 Å². The van der Waals surface area contributed by atoms with Crippen LogP contribution in [0.5, 0.6) is 0 Å². The highest BCUT2D eigenvalue weighted by molar-refractivity contribution is 9.10. The van der Waals surface area contributed by atoms with E-state index >= 15 is 0 Å². The topological polar surface area (TPSA) is 77.1 Å². The van der Waals surface area contributed by atoms with E-state index in [0.717, 1.165) is 41.5 Å². The molecule has 0 unspecified atom stereocenters. The molecule has 0 bridgehead atoms. The van der Waals surface area contributed by atoms with Gasteiger partial charge in [0.25, 0.3) is 5.56 Å². The van der Waals surface area contributed by atoms with Gasteiger partial charge in [-0.25, -0.2) is 9.18 Å². The molecule has 1 fully saturated rings. The van der Waals surface area contributed by atoms with Crippen LogP contribution < -0.4 is 16.6 Å². The van der Waals surface area contributed by atoms with Crippen molar-refractivity contribution in [3.8, 4) is 0 Å². The summed E-state index contributed by atoms with van der Waals surface area (Å²) in [4.78, 5) is 32.8. The van der Waals surface area contributed by atoms with Crippen molar-refractivity contribution in [2.45, 2.75) is 32.0 Å². The average Bonchev–Trinajstić information content (AvgIpc) is 3.23. The van der Waals surface area contributed by atoms with Crippen LogP contribution in [0.3, 0.4) is 0 Å². The van der Waals surface area contributed by atoms with Crippen LogP contribution in [0.2, 0.25) is 0 Å². The number of nitrogens with zero attached hydrogens (tertiary/aromatic N) is 5. The summed E-state index contributed by atoms with van der Waals surface area (Å²) < 4.78 is 19.0. The molecule has 8 nitrogen and oxygen atoms in total. The lowest BCUT2D eigenvalue weighted by Crippen LogP contribution is -2.39. The van der Waals surface area contributed by atoms with Crippen LogP contribution in [0.1, 0.15) is 24.0 Å². The van der Waals surface area contributed by atoms with E-state index in [1.165, 1.54) is 29.3 Å². The summed E-state index contributed by atoms with van der Waals surface area (Å²) in [5.74, 6) is 0.138. The average molecular weight is 555 g/mol. The lowest BCUT2D eigenvalue weighted by molar-refractivity contribution is 0.211. The first-order valence-corrected chi connectivity index (χ1v) is 12.7. The van der Waals surface area contributed by atoms with Gasteiger partial charge in [0.15, 0.2) is 11.2 Å². The van der Waals surface area contributed by atoms with E-state index in [1.807, 2.05) is 6.07 Å². The van der Waals surface area contributed by atoms with Crippen molar-refractivity contribution >= 4 is 33.0 Å². The maximum Gasteiger partial charge on any atom is 0.332 e. The van der Waals surface area contributed by atoms with Crippen molar-refractivity contribution in [2.75, 3.05) is 18.4 Å². The highest BCUT2D eigenvalue weighted by Gasteiger charge is 2.24. The molecule has 0 atom stereocenters. The van der Waals surface area contributed by atoms with Crippen LogP contribution in [0.4, 0.5) is 10.3 Å². The van der Waals surface area contributed by atoms with Crippen molar-refractivity contribution in [3.05, 3.63) is 90.8 Å². The van der Waals surface area contributed by atoms with Gasteiger partial charge in [-0.15, -0.1) is 0 Å². The van der Waals surface area contributed by atoms with Crippen LogP contribution in [0.15, 0.2) is 62.6 Å². The fraction of sp³-hybridized carbons (Fsp3) is 0.346. The molecular weight excluding hydrogens is 527 g/mol. The molecule has 0 saturated carbocycles. The third kappa shape index (κ3) is 4.75. The number of aromatic nitrogens is 4. The number of benzene rings is 2. The molecule has 1 aliphatic heterocycles. The SMILES string of the molecule is Cn1c(=O)c2c(nc(NC3CCN(Cc4ccccc4)CC3)n2Cc2cc(F)ccc2Br)n(C)c1=O. The molecule has 5 rings (SSSR count). The van der Waals surface area contributed by atoms with Gasteiger partial charge in [0.1, 0.15) is 5.82 Å². The molecule has 3 heterocycles. The first kappa shape index (κ1) is 24.5. The van der Waals surface area contributed by atoms with Crippen molar-refractivity contribution in [3.63, 3.8) is 0 Å². The highest BCUT2D eigenvalue weighted by atomic mass is 79.9. The second kappa shape index (κ2) is 10.0. The van der Waals surface area contributed by atoms with E-state index in [0.29, 0.717) is 22.7 Å². The Morgan fingerprint density at radius 1 is 1.03 bits per heavy atom. The fourth-order valence-electron chi connectivity index (χ4n) is 4.81. The predicted octanol–water partition coefficient (Wildman–Crippen LogP) is 3.46. The Balaban J connectivity index is 1.45. The summed E-state index contributed by atoms with van der Waals surface area (Å²) in [6, 6.07) is 15.0. The number of hydrogen-bond acceptors (Lipinski definition) is 5. The zero-order valence-corrected chi connectivity index (χ0v) is 21.8. The normalized spacial score (nSPS) is 15.0. The molecule has 0 radical (unpaired) electrons. The predicted molar refractivity (Wildman–Crippen MR) is 142 cm³/mol. The summed E-state index contributed by atoms with van der Waals surface area (Å²) >= 11 is 3.49. The number of rotatable bonds is 6. The van der Waals surface area contributed by atoms with Gasteiger partial charge in [0, 0.05) is 44.2 Å². The third-order valence-corrected chi connectivity index (χ3v) is 7.63. The van der Waals surface area contributed by atoms with E-state index in [1.54, 1.807) is 17.7 Å². The summed E-state index contributed by atoms with van der Waals surface area (Å²) in [5, 5.41) is 3.52. The zero-order valence-electron chi connectivity index (χ0n) is 20.2. The molecule has 0 amide bonds. The van der Waals surface area contributed by atoms with Crippen molar-refractivity contribution in [1.29, 1.82) is 0 Å². The van der Waals surface area contributed by atoms with E-state index < -0.39 is 11.2 Å². The molecular formula is C26H28BrFN6O2. The van der Waals surface area contributed by atoms with Crippen molar-refractivity contribution in [2.24, 2.45) is 14.1 Å². The van der Waals surface area contributed by atoms with Gasteiger partial charge >= 0.3 is 5.69 Å². The van der Waals surface area contributed by atoms with Crippen LogP contribution in [0, 0.1) is 5.82 Å². The van der Waals surface area contributed by atoms with E-state index in [2.05, 4.69) is 55.4 Å². The number of fused-ring (bicyclic) bond motifs is 1. The molecule has 0 aliphatic carbocycles. The number of anilines is 1. The molecule has 4 aromatic rings. The Kier molecular flexibility index (Phi) is 6.81. The Bertz CT molecular complexity index is 1520.